The number of benzene rings is 2. The second kappa shape index (κ2) is 8.88. The van der Waals surface area contributed by atoms with E-state index in [1.54, 1.807) is 4.57 Å². The van der Waals surface area contributed by atoms with Gasteiger partial charge in [-0.15, -0.1) is 0 Å². The molecule has 0 radical (unpaired) electrons. The predicted molar refractivity (Wildman–Crippen MR) is 140 cm³/mol. The van der Waals surface area contributed by atoms with Crippen LogP contribution >= 0.6 is 0 Å². The first-order valence-electron chi connectivity index (χ1n) is 12.6. The number of aryl methyl sites for hydroxylation is 3. The molecular formula is C30H40N2O2. The molecule has 1 fully saturated rings. The number of carbonyl (C=O) groups excluding carboxylic acids is 1. The van der Waals surface area contributed by atoms with Crippen LogP contribution in [0.25, 0.3) is 10.9 Å². The number of fused-ring (bicyclic) bond motifs is 1. The highest BCUT2D eigenvalue weighted by Gasteiger charge is 2.46. The number of carbonyl (C=O) groups is 1. The number of aromatic nitrogens is 1. The van der Waals surface area contributed by atoms with E-state index in [0.29, 0.717) is 6.04 Å². The van der Waals surface area contributed by atoms with Crippen molar-refractivity contribution >= 4 is 17.0 Å². The second-order valence-electron chi connectivity index (χ2n) is 11.7. The molecular weight excluding hydrogens is 420 g/mol. The van der Waals surface area contributed by atoms with Crippen LogP contribution in [0.3, 0.4) is 0 Å². The van der Waals surface area contributed by atoms with Crippen LogP contribution in [0.5, 0.6) is 0 Å². The van der Waals surface area contributed by atoms with Gasteiger partial charge in [0.2, 0.25) is 0 Å². The Morgan fingerprint density at radius 2 is 1.76 bits per heavy atom. The molecule has 0 bridgehead atoms. The van der Waals surface area contributed by atoms with Crippen LogP contribution in [-0.2, 0) is 17.7 Å². The summed E-state index contributed by atoms with van der Waals surface area (Å²) in [4.78, 5) is 15.5. The van der Waals surface area contributed by atoms with Crippen LogP contribution < -0.4 is 0 Å². The lowest BCUT2D eigenvalue weighted by Crippen LogP contribution is -2.54. The van der Waals surface area contributed by atoms with E-state index in [-0.39, 0.29) is 11.5 Å². The summed E-state index contributed by atoms with van der Waals surface area (Å²) in [5.41, 5.74) is 7.12. The van der Waals surface area contributed by atoms with E-state index >= 15 is 0 Å². The van der Waals surface area contributed by atoms with Gasteiger partial charge in [0.25, 0.3) is 0 Å². The highest BCUT2D eigenvalue weighted by Crippen LogP contribution is 2.49. The Balaban J connectivity index is 1.67. The van der Waals surface area contributed by atoms with Crippen LogP contribution in [0.4, 0.5) is 4.79 Å². The first-order valence-corrected chi connectivity index (χ1v) is 12.6. The molecule has 1 aromatic heterocycles. The number of hydrogen-bond acceptors (Lipinski definition) is 3. The summed E-state index contributed by atoms with van der Waals surface area (Å²) in [5, 5.41) is 1.14. The maximum atomic E-state index is 12.9. The Hall–Kier alpha value is -2.59. The van der Waals surface area contributed by atoms with Gasteiger partial charge in [-0.1, -0.05) is 57.5 Å². The SMILES string of the molecule is CCCc1ccc(C2N(Cc3c(C)cc(C)c4c3ccn4C(=O)OC(C)(C)C)CC2(C)C)cc1. The summed E-state index contributed by atoms with van der Waals surface area (Å²) >= 11 is 0. The van der Waals surface area contributed by atoms with Crippen molar-refractivity contribution in [3.05, 3.63) is 70.4 Å². The van der Waals surface area contributed by atoms with Crippen LogP contribution in [-0.4, -0.2) is 27.7 Å². The minimum Gasteiger partial charge on any atom is -0.443 e. The fraction of sp³-hybridized carbons (Fsp3) is 0.500. The molecule has 1 atom stereocenters. The molecule has 1 aliphatic heterocycles. The zero-order valence-electron chi connectivity index (χ0n) is 22.2. The normalized spacial score (nSPS) is 18.2. The summed E-state index contributed by atoms with van der Waals surface area (Å²) < 4.78 is 7.34. The molecule has 1 aliphatic rings. The third-order valence-corrected chi connectivity index (χ3v) is 7.00. The average molecular weight is 461 g/mol. The molecule has 0 aliphatic carbocycles. The highest BCUT2D eigenvalue weighted by atomic mass is 16.6. The minimum absolute atomic E-state index is 0.229. The summed E-state index contributed by atoms with van der Waals surface area (Å²) in [5.74, 6) is 0. The molecule has 4 nitrogen and oxygen atoms in total. The van der Waals surface area contributed by atoms with Crippen molar-refractivity contribution in [1.29, 1.82) is 0 Å². The standard InChI is InChI=1S/C30H40N2O2/c1-9-10-22-11-13-23(14-12-22)27-30(7,8)19-31(27)18-25-20(2)17-21(3)26-24(25)15-16-32(26)28(33)34-29(4,5)6/h11-17,27H,9-10,18-19H2,1-8H3. The predicted octanol–water partition coefficient (Wildman–Crippen LogP) is 7.58. The molecule has 0 N–H and O–H groups in total. The van der Waals surface area contributed by atoms with Gasteiger partial charge in [0.05, 0.1) is 5.52 Å². The van der Waals surface area contributed by atoms with Crippen molar-refractivity contribution < 1.29 is 9.53 Å². The molecule has 4 rings (SSSR count). The topological polar surface area (TPSA) is 34.5 Å². The van der Waals surface area contributed by atoms with Gasteiger partial charge in [0.1, 0.15) is 5.60 Å². The van der Waals surface area contributed by atoms with Gasteiger partial charge in [-0.25, -0.2) is 4.79 Å². The van der Waals surface area contributed by atoms with Crippen molar-refractivity contribution in [1.82, 2.24) is 9.47 Å². The zero-order valence-corrected chi connectivity index (χ0v) is 22.2. The van der Waals surface area contributed by atoms with E-state index in [0.717, 1.165) is 36.0 Å². The highest BCUT2D eigenvalue weighted by molar-refractivity contribution is 5.94. The number of hydrogen-bond donors (Lipinski definition) is 0. The van der Waals surface area contributed by atoms with E-state index in [1.807, 2.05) is 27.0 Å². The van der Waals surface area contributed by atoms with Gasteiger partial charge in [-0.05, 0) is 80.3 Å². The average Bonchev–Trinajstić information content (AvgIpc) is 3.16. The van der Waals surface area contributed by atoms with E-state index in [9.17, 15) is 4.79 Å². The first kappa shape index (κ1) is 24.5. The van der Waals surface area contributed by atoms with Crippen molar-refractivity contribution in [2.75, 3.05) is 6.54 Å². The molecule has 0 saturated carbocycles. The van der Waals surface area contributed by atoms with Gasteiger partial charge in [0.15, 0.2) is 0 Å². The summed E-state index contributed by atoms with van der Waals surface area (Å²) in [6, 6.07) is 13.9. The van der Waals surface area contributed by atoms with E-state index in [1.165, 1.54) is 28.7 Å². The van der Waals surface area contributed by atoms with Crippen LogP contribution in [0.1, 0.15) is 81.8 Å². The molecule has 0 spiro atoms. The largest absolute Gasteiger partial charge is 0.443 e. The smallest absolute Gasteiger partial charge is 0.418 e. The Labute approximate surface area is 204 Å². The quantitative estimate of drug-likeness (QED) is 0.394. The molecule has 4 heteroatoms. The van der Waals surface area contributed by atoms with Gasteiger partial charge < -0.3 is 4.74 Å². The third kappa shape index (κ3) is 4.65. The maximum absolute atomic E-state index is 12.9. The zero-order chi connectivity index (χ0) is 24.8. The Kier molecular flexibility index (Phi) is 6.41. The molecule has 34 heavy (non-hydrogen) atoms. The number of rotatable bonds is 5. The maximum Gasteiger partial charge on any atom is 0.418 e. The van der Waals surface area contributed by atoms with Crippen molar-refractivity contribution in [2.24, 2.45) is 5.41 Å². The van der Waals surface area contributed by atoms with E-state index < -0.39 is 5.60 Å². The lowest BCUT2D eigenvalue weighted by molar-refractivity contribution is -0.0586. The minimum atomic E-state index is -0.530. The van der Waals surface area contributed by atoms with Crippen molar-refractivity contribution in [3.8, 4) is 0 Å². The molecule has 1 saturated heterocycles. The summed E-state index contributed by atoms with van der Waals surface area (Å²) in [6.45, 7) is 18.8. The lowest BCUT2D eigenvalue weighted by Gasteiger charge is -2.55. The number of ether oxygens (including phenoxy) is 1. The molecule has 182 valence electrons. The summed E-state index contributed by atoms with van der Waals surface area (Å²) in [7, 11) is 0. The molecule has 2 heterocycles. The summed E-state index contributed by atoms with van der Waals surface area (Å²) in [6.07, 6.45) is 3.84. The fourth-order valence-corrected chi connectivity index (χ4v) is 5.69. The number of nitrogens with zero attached hydrogens (tertiary/aromatic N) is 2. The van der Waals surface area contributed by atoms with Crippen LogP contribution in [0.2, 0.25) is 0 Å². The van der Waals surface area contributed by atoms with Crippen molar-refractivity contribution in [2.45, 2.75) is 86.4 Å². The molecule has 2 aromatic carbocycles. The Morgan fingerprint density at radius 1 is 1.09 bits per heavy atom. The second-order valence-corrected chi connectivity index (χ2v) is 11.7. The van der Waals surface area contributed by atoms with Crippen LogP contribution in [0.15, 0.2) is 42.6 Å². The van der Waals surface area contributed by atoms with Gasteiger partial charge >= 0.3 is 6.09 Å². The monoisotopic (exact) mass is 460 g/mol. The van der Waals surface area contributed by atoms with E-state index in [4.69, 9.17) is 4.74 Å². The van der Waals surface area contributed by atoms with Crippen LogP contribution in [0, 0.1) is 19.3 Å². The lowest BCUT2D eigenvalue weighted by atomic mass is 9.71. The fourth-order valence-electron chi connectivity index (χ4n) is 5.69. The van der Waals surface area contributed by atoms with Gasteiger partial charge in [-0.3, -0.25) is 9.47 Å². The van der Waals surface area contributed by atoms with Crippen molar-refractivity contribution in [3.63, 3.8) is 0 Å². The van der Waals surface area contributed by atoms with Gasteiger partial charge in [-0.2, -0.15) is 0 Å². The first-order chi connectivity index (χ1) is 15.9. The van der Waals surface area contributed by atoms with Gasteiger partial charge in [0, 0.05) is 30.7 Å². The molecule has 1 unspecified atom stereocenters. The Bertz CT molecular complexity index is 1200. The Morgan fingerprint density at radius 3 is 2.35 bits per heavy atom. The number of likely N-dealkylation sites (tertiary alicyclic amines) is 1. The third-order valence-electron chi connectivity index (χ3n) is 7.00. The molecule has 3 aromatic rings. The molecule has 0 amide bonds. The van der Waals surface area contributed by atoms with E-state index in [2.05, 4.69) is 75.9 Å².